The van der Waals surface area contributed by atoms with Gasteiger partial charge in [0.2, 0.25) is 0 Å². The Kier molecular flexibility index (Phi) is 4.96. The van der Waals surface area contributed by atoms with E-state index in [1.165, 1.54) is 31.2 Å². The highest BCUT2D eigenvalue weighted by atomic mass is 32.2. The van der Waals surface area contributed by atoms with Gasteiger partial charge in [-0.2, -0.15) is 0 Å². The molecule has 1 saturated carbocycles. The molecule has 1 N–H and O–H groups in total. The molecule has 3 unspecified atom stereocenters. The number of ether oxygens (including phenoxy) is 1. The largest absolute Gasteiger partial charge is 0.444 e. The minimum atomic E-state index is -3.67. The van der Waals surface area contributed by atoms with Crippen LogP contribution < -0.4 is 5.32 Å². The van der Waals surface area contributed by atoms with Gasteiger partial charge in [0.15, 0.2) is 9.84 Å². The van der Waals surface area contributed by atoms with Crippen molar-refractivity contribution in [3.8, 4) is 0 Å². The summed E-state index contributed by atoms with van der Waals surface area (Å²) >= 11 is 0. The van der Waals surface area contributed by atoms with Crippen molar-refractivity contribution in [2.24, 2.45) is 0 Å². The molecule has 25 heavy (non-hydrogen) atoms. The molecule has 2 rings (SSSR count). The molecule has 1 fully saturated rings. The summed E-state index contributed by atoms with van der Waals surface area (Å²) in [5, 5.41) is 1.25. The van der Waals surface area contributed by atoms with Crippen LogP contribution in [0.5, 0.6) is 0 Å². The number of alkyl carbamates (subject to hydrolysis) is 1. The van der Waals surface area contributed by atoms with Crippen molar-refractivity contribution in [1.29, 1.82) is 0 Å². The maximum Gasteiger partial charge on any atom is 0.408 e. The van der Waals surface area contributed by atoms with Gasteiger partial charge < -0.3 is 14.8 Å². The Hall–Kier alpha value is -1.96. The topological polar surface area (TPSA) is 89.5 Å². The van der Waals surface area contributed by atoms with Gasteiger partial charge in [-0.05, 0) is 38.5 Å². The Labute approximate surface area is 146 Å². The van der Waals surface area contributed by atoms with Crippen LogP contribution in [0.2, 0.25) is 0 Å². The first-order valence-corrected chi connectivity index (χ1v) is 9.63. The Morgan fingerprint density at radius 2 is 2.04 bits per heavy atom. The molecular formula is C17H22FNO5S. The molecule has 8 heteroatoms. The Morgan fingerprint density at radius 3 is 2.52 bits per heavy atom. The summed E-state index contributed by atoms with van der Waals surface area (Å²) in [6.45, 7) is 6.41. The highest BCUT2D eigenvalue weighted by Crippen LogP contribution is 2.55. The first-order chi connectivity index (χ1) is 11.5. The molecule has 1 amide bonds. The third-order valence-corrected chi connectivity index (χ3v) is 6.33. The number of amides is 1. The van der Waals surface area contributed by atoms with Crippen molar-refractivity contribution in [3.63, 3.8) is 0 Å². The van der Waals surface area contributed by atoms with Crippen LogP contribution in [-0.4, -0.2) is 42.9 Å². The van der Waals surface area contributed by atoms with Crippen LogP contribution in [0.15, 0.2) is 24.3 Å². The van der Waals surface area contributed by atoms with Crippen molar-refractivity contribution in [2.75, 3.05) is 5.75 Å². The molecule has 1 aromatic carbocycles. The molecule has 3 atom stereocenters. The SMILES string of the molecule is CCS(=O)(=O)C1C(c2cccc(F)c2)C1(C=O)NC(=O)OC(C)(C)C. The van der Waals surface area contributed by atoms with E-state index < -0.39 is 44.1 Å². The summed E-state index contributed by atoms with van der Waals surface area (Å²) in [7, 11) is -3.67. The first-order valence-electron chi connectivity index (χ1n) is 7.91. The van der Waals surface area contributed by atoms with Crippen LogP contribution >= 0.6 is 0 Å². The Bertz CT molecular complexity index is 786. The zero-order chi connectivity index (χ0) is 19.0. The third kappa shape index (κ3) is 3.84. The molecule has 1 aliphatic rings. The van der Waals surface area contributed by atoms with E-state index in [1.807, 2.05) is 0 Å². The maximum absolute atomic E-state index is 13.6. The van der Waals surface area contributed by atoms with Crippen LogP contribution in [0.1, 0.15) is 39.2 Å². The second-order valence-corrected chi connectivity index (χ2v) is 9.49. The number of hydrogen-bond donors (Lipinski definition) is 1. The van der Waals surface area contributed by atoms with Gasteiger partial charge in [-0.15, -0.1) is 0 Å². The van der Waals surface area contributed by atoms with E-state index in [9.17, 15) is 22.4 Å². The lowest BCUT2D eigenvalue weighted by Gasteiger charge is -2.22. The van der Waals surface area contributed by atoms with Gasteiger partial charge in [-0.25, -0.2) is 17.6 Å². The number of rotatable bonds is 5. The molecule has 1 aliphatic carbocycles. The zero-order valence-corrected chi connectivity index (χ0v) is 15.4. The highest BCUT2D eigenvalue weighted by molar-refractivity contribution is 7.92. The molecule has 1 aromatic rings. The highest BCUT2D eigenvalue weighted by Gasteiger charge is 2.72. The number of sulfone groups is 1. The van der Waals surface area contributed by atoms with Crippen LogP contribution in [-0.2, 0) is 19.4 Å². The van der Waals surface area contributed by atoms with Crippen molar-refractivity contribution >= 4 is 22.2 Å². The summed E-state index contributed by atoms with van der Waals surface area (Å²) in [5.41, 5.74) is -2.13. The van der Waals surface area contributed by atoms with Gasteiger partial charge in [-0.3, -0.25) is 0 Å². The minimum Gasteiger partial charge on any atom is -0.444 e. The minimum absolute atomic E-state index is 0.199. The van der Waals surface area contributed by atoms with E-state index in [4.69, 9.17) is 4.74 Å². The summed E-state index contributed by atoms with van der Waals surface area (Å²) in [4.78, 5) is 23.9. The number of aldehydes is 1. The zero-order valence-electron chi connectivity index (χ0n) is 14.6. The normalized spacial score (nSPS) is 26.0. The van der Waals surface area contributed by atoms with Crippen molar-refractivity contribution < 1.29 is 27.1 Å². The van der Waals surface area contributed by atoms with E-state index in [0.717, 1.165) is 0 Å². The van der Waals surface area contributed by atoms with Crippen LogP contribution in [0, 0.1) is 5.82 Å². The third-order valence-electron chi connectivity index (χ3n) is 4.09. The van der Waals surface area contributed by atoms with E-state index >= 15 is 0 Å². The molecule has 0 aromatic heterocycles. The number of benzene rings is 1. The predicted octanol–water partition coefficient (Wildman–Crippen LogP) is 2.19. The fourth-order valence-electron chi connectivity index (χ4n) is 3.01. The van der Waals surface area contributed by atoms with Gasteiger partial charge >= 0.3 is 6.09 Å². The van der Waals surface area contributed by atoms with E-state index in [1.54, 1.807) is 20.8 Å². The van der Waals surface area contributed by atoms with Crippen molar-refractivity contribution in [3.05, 3.63) is 35.6 Å². The number of halogens is 1. The summed E-state index contributed by atoms with van der Waals surface area (Å²) < 4.78 is 43.5. The Morgan fingerprint density at radius 1 is 1.40 bits per heavy atom. The molecule has 0 heterocycles. The van der Waals surface area contributed by atoms with E-state index in [2.05, 4.69) is 5.32 Å². The van der Waals surface area contributed by atoms with Crippen LogP contribution in [0.25, 0.3) is 0 Å². The lowest BCUT2D eigenvalue weighted by molar-refractivity contribution is -0.110. The fraction of sp³-hybridized carbons (Fsp3) is 0.529. The molecule has 6 nitrogen and oxygen atoms in total. The van der Waals surface area contributed by atoms with Gasteiger partial charge in [0, 0.05) is 11.7 Å². The lowest BCUT2D eigenvalue weighted by Crippen LogP contribution is -2.45. The molecule has 0 aliphatic heterocycles. The molecule has 0 radical (unpaired) electrons. The lowest BCUT2D eigenvalue weighted by atomic mass is 10.1. The van der Waals surface area contributed by atoms with E-state index in [0.29, 0.717) is 11.8 Å². The maximum atomic E-state index is 13.6. The average molecular weight is 371 g/mol. The van der Waals surface area contributed by atoms with Crippen molar-refractivity contribution in [1.82, 2.24) is 5.32 Å². The molecule has 0 bridgehead atoms. The number of nitrogens with one attached hydrogen (secondary N) is 1. The van der Waals surface area contributed by atoms with Crippen LogP contribution in [0.4, 0.5) is 9.18 Å². The van der Waals surface area contributed by atoms with Gasteiger partial charge in [0.25, 0.3) is 0 Å². The van der Waals surface area contributed by atoms with Gasteiger partial charge in [0.05, 0.1) is 0 Å². The smallest absolute Gasteiger partial charge is 0.408 e. The number of hydrogen-bond acceptors (Lipinski definition) is 5. The number of carbonyl (C=O) groups excluding carboxylic acids is 2. The van der Waals surface area contributed by atoms with Crippen molar-refractivity contribution in [2.45, 2.75) is 50.0 Å². The predicted molar refractivity (Wildman–Crippen MR) is 90.6 cm³/mol. The molecule has 0 spiro atoms. The number of carbonyl (C=O) groups is 2. The van der Waals surface area contributed by atoms with Gasteiger partial charge in [0.1, 0.15) is 28.5 Å². The fourth-order valence-corrected chi connectivity index (χ4v) is 4.94. The van der Waals surface area contributed by atoms with E-state index in [-0.39, 0.29) is 5.75 Å². The molecular weight excluding hydrogens is 349 g/mol. The van der Waals surface area contributed by atoms with Gasteiger partial charge in [-0.1, -0.05) is 19.1 Å². The summed E-state index contributed by atoms with van der Waals surface area (Å²) in [6, 6.07) is 5.36. The average Bonchev–Trinajstić information content (AvgIpc) is 3.15. The molecule has 0 saturated heterocycles. The molecule has 138 valence electrons. The van der Waals surface area contributed by atoms with Crippen LogP contribution in [0.3, 0.4) is 0 Å². The monoisotopic (exact) mass is 371 g/mol. The quantitative estimate of drug-likeness (QED) is 0.802. The first kappa shape index (κ1) is 19.4. The second-order valence-electron chi connectivity index (χ2n) is 7.08. The Balaban J connectivity index is 2.42. The standard InChI is InChI=1S/C17H22FNO5S/c1-5-25(22,23)14-13(11-7-6-8-12(18)9-11)17(14,10-20)19-15(21)24-16(2,3)4/h6-10,13-14H,5H2,1-4H3,(H,19,21). The second kappa shape index (κ2) is 6.40. The summed E-state index contributed by atoms with van der Waals surface area (Å²) in [5.74, 6) is -1.61. The summed E-state index contributed by atoms with van der Waals surface area (Å²) in [6.07, 6.45) is -0.487.